The van der Waals surface area contributed by atoms with E-state index in [0.29, 0.717) is 6.42 Å². The van der Waals surface area contributed by atoms with Crippen LogP contribution in [0, 0.1) is 0 Å². The predicted molar refractivity (Wildman–Crippen MR) is 117 cm³/mol. The molecule has 1 saturated heterocycles. The molecule has 0 spiro atoms. The maximum absolute atomic E-state index is 12.5. The number of carbonyl (C=O) groups is 4. The zero-order chi connectivity index (χ0) is 25.4. The summed E-state index contributed by atoms with van der Waals surface area (Å²) in [6.07, 6.45) is 7.95. The Kier molecular flexibility index (Phi) is 14.4. The second-order valence-corrected chi connectivity index (χ2v) is 8.28. The Labute approximate surface area is 199 Å². The van der Waals surface area contributed by atoms with E-state index < -0.39 is 61.7 Å². The summed E-state index contributed by atoms with van der Waals surface area (Å²) >= 11 is 0. The van der Waals surface area contributed by atoms with E-state index in [-0.39, 0.29) is 6.42 Å². The highest BCUT2D eigenvalue weighted by Crippen LogP contribution is 2.22. The summed E-state index contributed by atoms with van der Waals surface area (Å²) in [5.41, 5.74) is 0. The molecule has 196 valence electrons. The lowest BCUT2D eigenvalue weighted by atomic mass is 10.1. The van der Waals surface area contributed by atoms with Crippen LogP contribution >= 0.6 is 0 Å². The number of esters is 4. The van der Waals surface area contributed by atoms with Gasteiger partial charge in [0.2, 0.25) is 12.2 Å². The minimum Gasteiger partial charge on any atom is -0.445 e. The van der Waals surface area contributed by atoms with Crippen molar-refractivity contribution in [2.75, 3.05) is 19.8 Å². The molecule has 0 saturated carbocycles. The highest BCUT2D eigenvalue weighted by atomic mass is 16.8. The van der Waals surface area contributed by atoms with Crippen molar-refractivity contribution in [2.45, 2.75) is 102 Å². The van der Waals surface area contributed by atoms with Gasteiger partial charge in [-0.2, -0.15) is 0 Å². The summed E-state index contributed by atoms with van der Waals surface area (Å²) < 4.78 is 19.2. The second kappa shape index (κ2) is 16.4. The summed E-state index contributed by atoms with van der Waals surface area (Å²) in [7, 11) is 0. The van der Waals surface area contributed by atoms with Gasteiger partial charge in [-0.25, -0.2) is 14.4 Å². The first-order valence-electron chi connectivity index (χ1n) is 12.0. The van der Waals surface area contributed by atoms with Gasteiger partial charge in [0.1, 0.15) is 6.61 Å². The Balaban J connectivity index is 2.55. The smallest absolute Gasteiger partial charge is 0.396 e. The van der Waals surface area contributed by atoms with Gasteiger partial charge in [0.25, 0.3) is 0 Å². The largest absolute Gasteiger partial charge is 0.445 e. The van der Waals surface area contributed by atoms with E-state index in [2.05, 4.69) is 11.7 Å². The molecule has 1 fully saturated rings. The minimum absolute atomic E-state index is 0.105. The van der Waals surface area contributed by atoms with Crippen molar-refractivity contribution in [3.05, 3.63) is 0 Å². The number of hydrogen-bond donors (Lipinski definition) is 3. The first-order chi connectivity index (χ1) is 16.3. The standard InChI is InChI=1S/C23H38O11/c1-2-3-4-5-6-7-8-9-10-11-12-13-19(27)33-23(16-26)22(30)32-17(14-24)20(28)31-18(15-25)21(29)34-23/h17-18,24-26H,2-16H2,1H3. The highest BCUT2D eigenvalue weighted by Gasteiger charge is 2.52. The second-order valence-electron chi connectivity index (χ2n) is 8.28. The zero-order valence-electron chi connectivity index (χ0n) is 19.9. The summed E-state index contributed by atoms with van der Waals surface area (Å²) in [4.78, 5) is 48.9. The molecule has 0 aromatic rings. The van der Waals surface area contributed by atoms with Crippen LogP contribution in [0.15, 0.2) is 0 Å². The highest BCUT2D eigenvalue weighted by molar-refractivity contribution is 5.90. The molecule has 0 radical (unpaired) electrons. The molecule has 34 heavy (non-hydrogen) atoms. The maximum Gasteiger partial charge on any atom is 0.396 e. The van der Waals surface area contributed by atoms with Crippen molar-refractivity contribution in [2.24, 2.45) is 0 Å². The van der Waals surface area contributed by atoms with Gasteiger partial charge in [0.05, 0.1) is 13.2 Å². The summed E-state index contributed by atoms with van der Waals surface area (Å²) in [5, 5.41) is 28.3. The van der Waals surface area contributed by atoms with E-state index in [4.69, 9.17) is 14.2 Å². The molecule has 11 nitrogen and oxygen atoms in total. The lowest BCUT2D eigenvalue weighted by Gasteiger charge is -2.28. The van der Waals surface area contributed by atoms with Crippen molar-refractivity contribution in [3.63, 3.8) is 0 Å². The van der Waals surface area contributed by atoms with Crippen LogP contribution in [0.25, 0.3) is 0 Å². The first-order valence-corrected chi connectivity index (χ1v) is 12.0. The fourth-order valence-corrected chi connectivity index (χ4v) is 3.38. The molecule has 0 amide bonds. The van der Waals surface area contributed by atoms with E-state index in [1.165, 1.54) is 38.5 Å². The number of unbranched alkanes of at least 4 members (excludes halogenated alkanes) is 10. The van der Waals surface area contributed by atoms with Crippen molar-refractivity contribution >= 4 is 23.9 Å². The Hall–Kier alpha value is -2.24. The Morgan fingerprint density at radius 3 is 1.79 bits per heavy atom. The molecular weight excluding hydrogens is 452 g/mol. The molecule has 3 unspecified atom stereocenters. The van der Waals surface area contributed by atoms with E-state index in [9.17, 15) is 34.5 Å². The Bertz CT molecular complexity index is 649. The van der Waals surface area contributed by atoms with Gasteiger partial charge < -0.3 is 34.3 Å². The van der Waals surface area contributed by atoms with E-state index in [1.807, 2.05) is 0 Å². The summed E-state index contributed by atoms with van der Waals surface area (Å²) in [6.45, 7) is -1.13. The predicted octanol–water partition coefficient (Wildman–Crippen LogP) is 1.28. The van der Waals surface area contributed by atoms with Gasteiger partial charge >= 0.3 is 29.7 Å². The van der Waals surface area contributed by atoms with Crippen molar-refractivity contribution < 1.29 is 53.4 Å². The lowest BCUT2D eigenvalue weighted by molar-refractivity contribution is -0.251. The van der Waals surface area contributed by atoms with Gasteiger partial charge in [-0.05, 0) is 6.42 Å². The molecule has 11 heteroatoms. The summed E-state index contributed by atoms with van der Waals surface area (Å²) in [5.74, 6) is -8.12. The third-order valence-electron chi connectivity index (χ3n) is 5.41. The van der Waals surface area contributed by atoms with E-state index in [0.717, 1.165) is 25.7 Å². The molecule has 0 aromatic heterocycles. The SMILES string of the molecule is CCCCCCCCCCCCCC(=O)OC1(CO)OC(=O)C(CO)OC(=O)C(CO)OC1=O. The van der Waals surface area contributed by atoms with Crippen LogP contribution in [0.4, 0.5) is 0 Å². The zero-order valence-corrected chi connectivity index (χ0v) is 19.9. The molecule has 0 bridgehead atoms. The molecule has 0 aromatic carbocycles. The van der Waals surface area contributed by atoms with Gasteiger partial charge in [0, 0.05) is 6.42 Å². The molecule has 3 atom stereocenters. The number of aliphatic hydroxyl groups is 3. The van der Waals surface area contributed by atoms with Crippen LogP contribution in [0.3, 0.4) is 0 Å². The van der Waals surface area contributed by atoms with Crippen molar-refractivity contribution in [1.29, 1.82) is 0 Å². The van der Waals surface area contributed by atoms with Gasteiger partial charge in [0.15, 0.2) is 0 Å². The molecule has 3 N–H and O–H groups in total. The van der Waals surface area contributed by atoms with Crippen LogP contribution in [0.1, 0.15) is 84.0 Å². The monoisotopic (exact) mass is 490 g/mol. The fraction of sp³-hybridized carbons (Fsp3) is 0.826. The molecule has 1 aliphatic heterocycles. The quantitative estimate of drug-likeness (QED) is 0.162. The first kappa shape index (κ1) is 29.8. The number of hydrogen-bond acceptors (Lipinski definition) is 11. The molecule has 1 heterocycles. The fourth-order valence-electron chi connectivity index (χ4n) is 3.38. The van der Waals surface area contributed by atoms with Crippen LogP contribution in [0.5, 0.6) is 0 Å². The average Bonchev–Trinajstić information content (AvgIpc) is 2.85. The summed E-state index contributed by atoms with van der Waals surface area (Å²) in [6, 6.07) is 0. The molecular formula is C23H38O11. The minimum atomic E-state index is -2.89. The Morgan fingerprint density at radius 1 is 0.794 bits per heavy atom. The van der Waals surface area contributed by atoms with E-state index >= 15 is 0 Å². The number of ether oxygens (including phenoxy) is 4. The number of carbonyl (C=O) groups excluding carboxylic acids is 4. The van der Waals surface area contributed by atoms with Crippen LogP contribution < -0.4 is 0 Å². The number of rotatable bonds is 16. The van der Waals surface area contributed by atoms with Crippen LogP contribution in [-0.2, 0) is 38.1 Å². The van der Waals surface area contributed by atoms with Crippen LogP contribution in [0.2, 0.25) is 0 Å². The maximum atomic E-state index is 12.5. The van der Waals surface area contributed by atoms with Crippen molar-refractivity contribution in [1.82, 2.24) is 0 Å². The van der Waals surface area contributed by atoms with Crippen LogP contribution in [-0.4, -0.2) is 77.0 Å². The van der Waals surface area contributed by atoms with Gasteiger partial charge in [-0.1, -0.05) is 71.1 Å². The topological polar surface area (TPSA) is 166 Å². The van der Waals surface area contributed by atoms with Gasteiger partial charge in [-0.15, -0.1) is 0 Å². The molecule has 1 aliphatic rings. The number of aliphatic hydroxyl groups excluding tert-OH is 3. The van der Waals surface area contributed by atoms with Gasteiger partial charge in [-0.3, -0.25) is 4.79 Å². The molecule has 0 aliphatic carbocycles. The van der Waals surface area contributed by atoms with E-state index in [1.54, 1.807) is 0 Å². The Morgan fingerprint density at radius 2 is 1.29 bits per heavy atom. The normalized spacial score (nSPS) is 23.2. The number of cyclic esters (lactones) is 3. The third-order valence-corrected chi connectivity index (χ3v) is 5.41. The van der Waals surface area contributed by atoms with Crippen molar-refractivity contribution in [3.8, 4) is 0 Å². The average molecular weight is 491 g/mol. The molecule has 1 rings (SSSR count). The third kappa shape index (κ3) is 9.94. The lowest BCUT2D eigenvalue weighted by Crippen LogP contribution is -2.53.